The van der Waals surface area contributed by atoms with Crippen LogP contribution < -0.4 is 10.5 Å². The van der Waals surface area contributed by atoms with E-state index < -0.39 is 0 Å². The van der Waals surface area contributed by atoms with Gasteiger partial charge in [-0.1, -0.05) is 12.1 Å². The van der Waals surface area contributed by atoms with Gasteiger partial charge in [0.05, 0.1) is 11.6 Å². The van der Waals surface area contributed by atoms with Crippen molar-refractivity contribution >= 4 is 0 Å². The van der Waals surface area contributed by atoms with Crippen molar-refractivity contribution in [3.63, 3.8) is 0 Å². The second kappa shape index (κ2) is 5.36. The molecule has 20 heavy (non-hydrogen) atoms. The first kappa shape index (κ1) is 12.7. The van der Waals surface area contributed by atoms with E-state index in [1.165, 1.54) is 5.56 Å². The maximum Gasteiger partial charge on any atom is 0.127 e. The van der Waals surface area contributed by atoms with Crippen LogP contribution in [0.2, 0.25) is 0 Å². The van der Waals surface area contributed by atoms with Gasteiger partial charge in [-0.05, 0) is 60.7 Å². The number of rotatable bonds is 3. The van der Waals surface area contributed by atoms with E-state index in [9.17, 15) is 0 Å². The van der Waals surface area contributed by atoms with Gasteiger partial charge < -0.3 is 10.5 Å². The fourth-order valence-corrected chi connectivity index (χ4v) is 2.48. The number of hydrogen-bond acceptors (Lipinski definition) is 3. The van der Waals surface area contributed by atoms with Crippen LogP contribution in [0.1, 0.15) is 29.9 Å². The Hall–Kier alpha value is -2.31. The maximum absolute atomic E-state index is 8.75. The highest BCUT2D eigenvalue weighted by Gasteiger charge is 2.26. The Morgan fingerprint density at radius 1 is 0.950 bits per heavy atom. The molecule has 0 heterocycles. The first-order chi connectivity index (χ1) is 9.74. The Morgan fingerprint density at radius 3 is 2.00 bits per heavy atom. The molecule has 1 aliphatic rings. The Kier molecular flexibility index (Phi) is 3.41. The lowest BCUT2D eigenvalue weighted by Gasteiger charge is -2.32. The third-order valence-corrected chi connectivity index (χ3v) is 3.75. The molecule has 2 aromatic rings. The Balaban J connectivity index is 1.67. The van der Waals surface area contributed by atoms with Gasteiger partial charge in [-0.3, -0.25) is 0 Å². The number of ether oxygens (including phenoxy) is 1. The molecule has 1 aliphatic carbocycles. The molecule has 0 atom stereocenters. The zero-order valence-electron chi connectivity index (χ0n) is 11.1. The lowest BCUT2D eigenvalue weighted by molar-refractivity contribution is 0.351. The molecule has 3 heteroatoms. The van der Waals surface area contributed by atoms with Crippen molar-refractivity contribution in [2.45, 2.75) is 24.8 Å². The maximum atomic E-state index is 8.75. The van der Waals surface area contributed by atoms with Crippen LogP contribution in [0.15, 0.2) is 48.5 Å². The summed E-state index contributed by atoms with van der Waals surface area (Å²) < 4.78 is 5.75. The van der Waals surface area contributed by atoms with E-state index in [2.05, 4.69) is 18.2 Å². The van der Waals surface area contributed by atoms with E-state index in [0.717, 1.165) is 24.3 Å². The van der Waals surface area contributed by atoms with Crippen LogP contribution in [0.3, 0.4) is 0 Å². The minimum Gasteiger partial charge on any atom is -0.457 e. The first-order valence-electron chi connectivity index (χ1n) is 6.78. The van der Waals surface area contributed by atoms with Gasteiger partial charge >= 0.3 is 0 Å². The standard InChI is InChI=1S/C17H16N2O/c18-11-12-1-5-16(6-2-12)20-17-7-3-13(4-8-17)14-9-15(19)10-14/h1-8,14-15H,9-10,19H2. The van der Waals surface area contributed by atoms with E-state index in [4.69, 9.17) is 15.7 Å². The Labute approximate surface area is 118 Å². The predicted molar refractivity (Wildman–Crippen MR) is 77.6 cm³/mol. The fraction of sp³-hybridized carbons (Fsp3) is 0.235. The molecular formula is C17H16N2O. The van der Waals surface area contributed by atoms with Crippen LogP contribution in [0.4, 0.5) is 0 Å². The SMILES string of the molecule is N#Cc1ccc(Oc2ccc(C3CC(N)C3)cc2)cc1. The number of nitriles is 1. The summed E-state index contributed by atoms with van der Waals surface area (Å²) in [6, 6.07) is 17.7. The smallest absolute Gasteiger partial charge is 0.127 e. The number of nitrogens with two attached hydrogens (primary N) is 1. The van der Waals surface area contributed by atoms with Crippen molar-refractivity contribution in [3.05, 3.63) is 59.7 Å². The quantitative estimate of drug-likeness (QED) is 0.922. The van der Waals surface area contributed by atoms with Crippen LogP contribution in [0.5, 0.6) is 11.5 Å². The topological polar surface area (TPSA) is 59.0 Å². The van der Waals surface area contributed by atoms with Crippen LogP contribution in [-0.4, -0.2) is 6.04 Å². The molecule has 3 nitrogen and oxygen atoms in total. The van der Waals surface area contributed by atoms with Crippen molar-refractivity contribution in [2.75, 3.05) is 0 Å². The molecule has 0 aliphatic heterocycles. The fourth-order valence-electron chi connectivity index (χ4n) is 2.48. The lowest BCUT2D eigenvalue weighted by Crippen LogP contribution is -2.34. The Bertz CT molecular complexity index is 620. The van der Waals surface area contributed by atoms with Crippen molar-refractivity contribution < 1.29 is 4.74 Å². The molecular weight excluding hydrogens is 248 g/mol. The Morgan fingerprint density at radius 2 is 1.50 bits per heavy atom. The summed E-state index contributed by atoms with van der Waals surface area (Å²) in [6.07, 6.45) is 2.16. The molecule has 2 aromatic carbocycles. The zero-order valence-corrected chi connectivity index (χ0v) is 11.1. The van der Waals surface area contributed by atoms with Gasteiger partial charge in [0, 0.05) is 6.04 Å². The van der Waals surface area contributed by atoms with Crippen molar-refractivity contribution in [3.8, 4) is 17.6 Å². The van der Waals surface area contributed by atoms with Crippen LogP contribution in [0, 0.1) is 11.3 Å². The summed E-state index contributed by atoms with van der Waals surface area (Å²) >= 11 is 0. The zero-order chi connectivity index (χ0) is 13.9. The molecule has 0 bridgehead atoms. The van der Waals surface area contributed by atoms with Crippen molar-refractivity contribution in [1.82, 2.24) is 0 Å². The van der Waals surface area contributed by atoms with Crippen LogP contribution in [0.25, 0.3) is 0 Å². The molecule has 0 spiro atoms. The van der Waals surface area contributed by atoms with Gasteiger partial charge in [0.2, 0.25) is 0 Å². The van der Waals surface area contributed by atoms with Crippen LogP contribution in [-0.2, 0) is 0 Å². The number of nitrogens with zero attached hydrogens (tertiary/aromatic N) is 1. The second-order valence-electron chi connectivity index (χ2n) is 5.24. The molecule has 0 unspecified atom stereocenters. The van der Waals surface area contributed by atoms with Gasteiger partial charge in [0.15, 0.2) is 0 Å². The molecule has 3 rings (SSSR count). The third-order valence-electron chi connectivity index (χ3n) is 3.75. The van der Waals surface area contributed by atoms with Gasteiger partial charge in [-0.25, -0.2) is 0 Å². The van der Waals surface area contributed by atoms with E-state index in [1.807, 2.05) is 12.1 Å². The summed E-state index contributed by atoms with van der Waals surface area (Å²) in [5.74, 6) is 2.15. The van der Waals surface area contributed by atoms with E-state index in [0.29, 0.717) is 17.5 Å². The van der Waals surface area contributed by atoms with Gasteiger partial charge in [-0.15, -0.1) is 0 Å². The number of benzene rings is 2. The van der Waals surface area contributed by atoms with E-state index >= 15 is 0 Å². The highest BCUT2D eigenvalue weighted by Crippen LogP contribution is 2.36. The summed E-state index contributed by atoms with van der Waals surface area (Å²) in [4.78, 5) is 0. The molecule has 0 saturated heterocycles. The normalized spacial score (nSPS) is 20.8. The minimum absolute atomic E-state index is 0.370. The highest BCUT2D eigenvalue weighted by molar-refractivity contribution is 5.38. The highest BCUT2D eigenvalue weighted by atomic mass is 16.5. The molecule has 2 N–H and O–H groups in total. The molecule has 1 saturated carbocycles. The minimum atomic E-state index is 0.370. The van der Waals surface area contributed by atoms with Gasteiger partial charge in [-0.2, -0.15) is 5.26 Å². The van der Waals surface area contributed by atoms with E-state index in [1.54, 1.807) is 24.3 Å². The average molecular weight is 264 g/mol. The largest absolute Gasteiger partial charge is 0.457 e. The molecule has 100 valence electrons. The third kappa shape index (κ3) is 2.66. The van der Waals surface area contributed by atoms with Crippen molar-refractivity contribution in [1.29, 1.82) is 5.26 Å². The molecule has 0 radical (unpaired) electrons. The monoisotopic (exact) mass is 264 g/mol. The summed E-state index contributed by atoms with van der Waals surface area (Å²) in [5.41, 5.74) is 7.78. The molecule has 0 amide bonds. The summed E-state index contributed by atoms with van der Waals surface area (Å²) in [6.45, 7) is 0. The van der Waals surface area contributed by atoms with E-state index in [-0.39, 0.29) is 0 Å². The van der Waals surface area contributed by atoms with Gasteiger partial charge in [0.1, 0.15) is 11.5 Å². The molecule has 1 fully saturated rings. The summed E-state index contributed by atoms with van der Waals surface area (Å²) in [5, 5.41) is 8.75. The van der Waals surface area contributed by atoms with Crippen molar-refractivity contribution in [2.24, 2.45) is 5.73 Å². The van der Waals surface area contributed by atoms with Gasteiger partial charge in [0.25, 0.3) is 0 Å². The lowest BCUT2D eigenvalue weighted by atomic mass is 9.76. The molecule has 0 aromatic heterocycles. The second-order valence-corrected chi connectivity index (χ2v) is 5.24. The predicted octanol–water partition coefficient (Wildman–Crippen LogP) is 3.56. The number of hydrogen-bond donors (Lipinski definition) is 1. The average Bonchev–Trinajstić information content (AvgIpc) is 2.46. The summed E-state index contributed by atoms with van der Waals surface area (Å²) in [7, 11) is 0. The first-order valence-corrected chi connectivity index (χ1v) is 6.78. The van der Waals surface area contributed by atoms with Crippen LogP contribution >= 0.6 is 0 Å².